The highest BCUT2D eigenvalue weighted by Crippen LogP contribution is 2.10. The van der Waals surface area contributed by atoms with Gasteiger partial charge in [-0.05, 0) is 18.2 Å². The molecule has 0 aliphatic carbocycles. The highest BCUT2D eigenvalue weighted by molar-refractivity contribution is 6.38. The normalized spacial score (nSPS) is 11.6. The number of hydrogen-bond donors (Lipinski definition) is 2. The first-order chi connectivity index (χ1) is 10.2. The second kappa shape index (κ2) is 7.21. The lowest BCUT2D eigenvalue weighted by Crippen LogP contribution is -2.20. The van der Waals surface area contributed by atoms with Gasteiger partial charge in [0.2, 0.25) is 0 Å². The molecule has 0 heterocycles. The van der Waals surface area contributed by atoms with E-state index < -0.39 is 5.91 Å². The molecule has 0 saturated carbocycles. The van der Waals surface area contributed by atoms with Crippen molar-refractivity contribution in [3.8, 4) is 0 Å². The van der Waals surface area contributed by atoms with Gasteiger partial charge in [-0.25, -0.2) is 5.43 Å². The summed E-state index contributed by atoms with van der Waals surface area (Å²) in [7, 11) is 0. The predicted octanol–water partition coefficient (Wildman–Crippen LogP) is 2.93. The minimum Gasteiger partial charge on any atom is -0.411 e. The Morgan fingerprint density at radius 1 is 1.10 bits per heavy atom. The summed E-state index contributed by atoms with van der Waals surface area (Å²) >= 11 is 5.83. The SMILES string of the molecule is O=C(NN=C(C=NO)c1ccccc1)c1cccc(Cl)c1. The van der Waals surface area contributed by atoms with Gasteiger partial charge >= 0.3 is 0 Å². The van der Waals surface area contributed by atoms with Crippen LogP contribution in [0.3, 0.4) is 0 Å². The molecule has 2 N–H and O–H groups in total. The van der Waals surface area contributed by atoms with Gasteiger partial charge in [-0.1, -0.05) is 53.2 Å². The third-order valence-corrected chi connectivity index (χ3v) is 2.85. The Hall–Kier alpha value is -2.66. The van der Waals surface area contributed by atoms with Crippen LogP contribution in [0.15, 0.2) is 64.9 Å². The van der Waals surface area contributed by atoms with E-state index in [2.05, 4.69) is 15.7 Å². The van der Waals surface area contributed by atoms with Crippen LogP contribution in [-0.4, -0.2) is 23.0 Å². The van der Waals surface area contributed by atoms with E-state index in [1.54, 1.807) is 30.3 Å². The van der Waals surface area contributed by atoms with E-state index >= 15 is 0 Å². The van der Waals surface area contributed by atoms with E-state index in [9.17, 15) is 4.79 Å². The molecule has 0 fully saturated rings. The smallest absolute Gasteiger partial charge is 0.271 e. The van der Waals surface area contributed by atoms with E-state index in [1.165, 1.54) is 6.07 Å². The summed E-state index contributed by atoms with van der Waals surface area (Å²) in [5.74, 6) is -0.405. The molecule has 21 heavy (non-hydrogen) atoms. The number of halogens is 1. The highest BCUT2D eigenvalue weighted by Gasteiger charge is 2.06. The summed E-state index contributed by atoms with van der Waals surface area (Å²) in [6.45, 7) is 0. The molecule has 0 spiro atoms. The predicted molar refractivity (Wildman–Crippen MR) is 82.2 cm³/mol. The van der Waals surface area contributed by atoms with Crippen LogP contribution in [0.1, 0.15) is 15.9 Å². The van der Waals surface area contributed by atoms with Gasteiger partial charge in [-0.3, -0.25) is 4.79 Å². The quantitative estimate of drug-likeness (QED) is 0.517. The fraction of sp³-hybridized carbons (Fsp3) is 0. The molecule has 2 aromatic carbocycles. The monoisotopic (exact) mass is 301 g/mol. The fourth-order valence-corrected chi connectivity index (χ4v) is 1.83. The van der Waals surface area contributed by atoms with Gasteiger partial charge in [0.25, 0.3) is 5.91 Å². The maximum absolute atomic E-state index is 12.0. The van der Waals surface area contributed by atoms with Crippen LogP contribution in [0.2, 0.25) is 5.02 Å². The average Bonchev–Trinajstić information content (AvgIpc) is 2.52. The third-order valence-electron chi connectivity index (χ3n) is 2.61. The Balaban J connectivity index is 2.19. The van der Waals surface area contributed by atoms with Gasteiger partial charge < -0.3 is 5.21 Å². The minimum atomic E-state index is -0.405. The van der Waals surface area contributed by atoms with E-state index in [4.69, 9.17) is 16.8 Å². The van der Waals surface area contributed by atoms with Gasteiger partial charge in [0.1, 0.15) is 5.71 Å². The molecule has 5 nitrogen and oxygen atoms in total. The number of benzene rings is 2. The van der Waals surface area contributed by atoms with Crippen LogP contribution >= 0.6 is 11.6 Å². The number of rotatable bonds is 4. The Morgan fingerprint density at radius 3 is 2.48 bits per heavy atom. The molecular formula is C15H12ClN3O2. The average molecular weight is 302 g/mol. The van der Waals surface area contributed by atoms with E-state index in [0.29, 0.717) is 21.9 Å². The molecule has 106 valence electrons. The molecule has 0 atom stereocenters. The lowest BCUT2D eigenvalue weighted by molar-refractivity contribution is 0.0955. The third kappa shape index (κ3) is 4.15. The van der Waals surface area contributed by atoms with Crippen LogP contribution in [0, 0.1) is 0 Å². The zero-order valence-corrected chi connectivity index (χ0v) is 11.7. The van der Waals surface area contributed by atoms with Crippen molar-refractivity contribution in [3.63, 3.8) is 0 Å². The Kier molecular flexibility index (Phi) is 5.06. The molecule has 6 heteroatoms. The van der Waals surface area contributed by atoms with Crippen molar-refractivity contribution >= 4 is 29.4 Å². The summed E-state index contributed by atoms with van der Waals surface area (Å²) in [4.78, 5) is 12.0. The van der Waals surface area contributed by atoms with Crippen molar-refractivity contribution in [2.75, 3.05) is 0 Å². The highest BCUT2D eigenvalue weighted by atomic mass is 35.5. The first kappa shape index (κ1) is 14.7. The molecular weight excluding hydrogens is 290 g/mol. The second-order valence-corrected chi connectivity index (χ2v) is 4.50. The Labute approximate surface area is 126 Å². The summed E-state index contributed by atoms with van der Waals surface area (Å²) in [6, 6.07) is 15.6. The Morgan fingerprint density at radius 2 is 1.81 bits per heavy atom. The van der Waals surface area contributed by atoms with Crippen LogP contribution in [0.4, 0.5) is 0 Å². The van der Waals surface area contributed by atoms with Crippen molar-refractivity contribution in [2.45, 2.75) is 0 Å². The first-order valence-electron chi connectivity index (χ1n) is 6.07. The zero-order valence-electron chi connectivity index (χ0n) is 10.9. The van der Waals surface area contributed by atoms with Crippen LogP contribution in [0.5, 0.6) is 0 Å². The van der Waals surface area contributed by atoms with Crippen LogP contribution < -0.4 is 5.43 Å². The van der Waals surface area contributed by atoms with Crippen molar-refractivity contribution < 1.29 is 10.0 Å². The maximum atomic E-state index is 12.0. The molecule has 0 aliphatic rings. The molecule has 1 amide bonds. The van der Waals surface area contributed by atoms with Crippen molar-refractivity contribution in [1.82, 2.24) is 5.43 Å². The van der Waals surface area contributed by atoms with Crippen molar-refractivity contribution in [2.24, 2.45) is 10.3 Å². The molecule has 0 bridgehead atoms. The van der Waals surface area contributed by atoms with Crippen molar-refractivity contribution in [1.29, 1.82) is 0 Å². The van der Waals surface area contributed by atoms with E-state index in [1.807, 2.05) is 18.2 Å². The number of nitrogens with zero attached hydrogens (tertiary/aromatic N) is 2. The lowest BCUT2D eigenvalue weighted by atomic mass is 10.1. The summed E-state index contributed by atoms with van der Waals surface area (Å²) < 4.78 is 0. The maximum Gasteiger partial charge on any atom is 0.271 e. The molecule has 0 unspecified atom stereocenters. The number of hydrazone groups is 1. The van der Waals surface area contributed by atoms with Gasteiger partial charge in [-0.2, -0.15) is 5.10 Å². The number of nitrogens with one attached hydrogen (secondary N) is 1. The molecule has 2 rings (SSSR count). The number of oxime groups is 1. The first-order valence-corrected chi connectivity index (χ1v) is 6.45. The van der Waals surface area contributed by atoms with E-state index in [-0.39, 0.29) is 0 Å². The van der Waals surface area contributed by atoms with Crippen molar-refractivity contribution in [3.05, 3.63) is 70.7 Å². The second-order valence-electron chi connectivity index (χ2n) is 4.06. The number of amides is 1. The van der Waals surface area contributed by atoms with Gasteiger partial charge in [0, 0.05) is 16.1 Å². The standard InChI is InChI=1S/C15H12ClN3O2/c16-13-8-4-7-12(9-13)15(20)19-18-14(10-17-21)11-5-2-1-3-6-11/h1-10,21H,(H,19,20). The van der Waals surface area contributed by atoms with Gasteiger partial charge in [0.15, 0.2) is 0 Å². The number of carbonyl (C=O) groups is 1. The molecule has 0 aromatic heterocycles. The molecule has 0 aliphatic heterocycles. The number of hydrogen-bond acceptors (Lipinski definition) is 4. The van der Waals surface area contributed by atoms with Crippen LogP contribution in [0.25, 0.3) is 0 Å². The molecule has 0 saturated heterocycles. The topological polar surface area (TPSA) is 74.0 Å². The lowest BCUT2D eigenvalue weighted by Gasteiger charge is -2.03. The summed E-state index contributed by atoms with van der Waals surface area (Å²) in [6.07, 6.45) is 1.15. The van der Waals surface area contributed by atoms with Gasteiger partial charge in [-0.15, -0.1) is 0 Å². The van der Waals surface area contributed by atoms with E-state index in [0.717, 1.165) is 6.21 Å². The largest absolute Gasteiger partial charge is 0.411 e. The van der Waals surface area contributed by atoms with Gasteiger partial charge in [0.05, 0.1) is 6.21 Å². The zero-order chi connectivity index (χ0) is 15.1. The summed E-state index contributed by atoms with van der Waals surface area (Å²) in [5.41, 5.74) is 3.82. The summed E-state index contributed by atoms with van der Waals surface area (Å²) in [5, 5.41) is 16.0. The number of carbonyl (C=O) groups excluding carboxylic acids is 1. The molecule has 2 aromatic rings. The van der Waals surface area contributed by atoms with Crippen LogP contribution in [-0.2, 0) is 0 Å². The minimum absolute atomic E-state index is 0.327. The fourth-order valence-electron chi connectivity index (χ4n) is 1.64. The Bertz CT molecular complexity index is 684. The molecule has 0 radical (unpaired) electrons.